The SMILES string of the molecule is Cc1c(Oc2nc3sccn3c2CCl)cccc1[N+](=O)[O-]. The molecule has 0 N–H and O–H groups in total. The van der Waals surface area contributed by atoms with Gasteiger partial charge in [0, 0.05) is 17.6 Å². The fourth-order valence-corrected chi connectivity index (χ4v) is 3.00. The number of benzene rings is 1. The van der Waals surface area contributed by atoms with Crippen molar-refractivity contribution < 1.29 is 9.66 Å². The normalized spacial score (nSPS) is 11.0. The molecular weight excluding hydrogens is 314 g/mol. The fraction of sp³-hybridized carbons (Fsp3) is 0.154. The van der Waals surface area contributed by atoms with Crippen molar-refractivity contribution in [2.75, 3.05) is 0 Å². The minimum Gasteiger partial charge on any atom is -0.437 e. The summed E-state index contributed by atoms with van der Waals surface area (Å²) in [5, 5.41) is 12.9. The largest absolute Gasteiger partial charge is 0.437 e. The van der Waals surface area contributed by atoms with Crippen LogP contribution in [0.3, 0.4) is 0 Å². The van der Waals surface area contributed by atoms with E-state index in [-0.39, 0.29) is 11.6 Å². The van der Waals surface area contributed by atoms with Crippen molar-refractivity contribution >= 4 is 33.6 Å². The monoisotopic (exact) mass is 323 g/mol. The summed E-state index contributed by atoms with van der Waals surface area (Å²) in [5.41, 5.74) is 1.19. The van der Waals surface area contributed by atoms with Crippen LogP contribution in [0.1, 0.15) is 11.3 Å². The van der Waals surface area contributed by atoms with Gasteiger partial charge in [-0.3, -0.25) is 14.5 Å². The van der Waals surface area contributed by atoms with Crippen LogP contribution in [0.4, 0.5) is 5.69 Å². The van der Waals surface area contributed by atoms with Crippen LogP contribution >= 0.6 is 22.9 Å². The van der Waals surface area contributed by atoms with E-state index in [1.165, 1.54) is 17.4 Å². The summed E-state index contributed by atoms with van der Waals surface area (Å²) in [6.07, 6.45) is 1.86. The highest BCUT2D eigenvalue weighted by Crippen LogP contribution is 2.33. The standard InChI is InChI=1S/C13H10ClN3O3S/c1-8-9(17(18)19)3-2-4-11(8)20-12-10(7-14)16-5-6-21-13(16)15-12/h2-6H,7H2,1H3. The molecular formula is C13H10ClN3O3S. The Hall–Kier alpha value is -2.12. The number of fused-ring (bicyclic) bond motifs is 1. The van der Waals surface area contributed by atoms with Gasteiger partial charge in [0.1, 0.15) is 11.4 Å². The molecule has 3 aromatic rings. The lowest BCUT2D eigenvalue weighted by atomic mass is 10.2. The number of hydrogen-bond acceptors (Lipinski definition) is 5. The van der Waals surface area contributed by atoms with E-state index in [2.05, 4.69) is 4.98 Å². The van der Waals surface area contributed by atoms with E-state index in [0.29, 0.717) is 17.2 Å². The van der Waals surface area contributed by atoms with Gasteiger partial charge in [0.05, 0.1) is 16.4 Å². The molecule has 21 heavy (non-hydrogen) atoms. The summed E-state index contributed by atoms with van der Waals surface area (Å²) in [7, 11) is 0. The predicted octanol–water partition coefficient (Wildman–Crippen LogP) is 4.14. The average molecular weight is 324 g/mol. The zero-order chi connectivity index (χ0) is 15.0. The molecule has 3 rings (SSSR count). The molecule has 0 atom stereocenters. The molecule has 0 amide bonds. The van der Waals surface area contributed by atoms with Crippen molar-refractivity contribution in [2.45, 2.75) is 12.8 Å². The van der Waals surface area contributed by atoms with Gasteiger partial charge >= 0.3 is 0 Å². The highest BCUT2D eigenvalue weighted by Gasteiger charge is 2.18. The highest BCUT2D eigenvalue weighted by atomic mass is 35.5. The van der Waals surface area contributed by atoms with Crippen LogP contribution in [-0.4, -0.2) is 14.3 Å². The van der Waals surface area contributed by atoms with Crippen molar-refractivity contribution in [1.82, 2.24) is 9.38 Å². The first-order valence-corrected chi connectivity index (χ1v) is 7.45. The quantitative estimate of drug-likeness (QED) is 0.411. The molecule has 0 aliphatic heterocycles. The van der Waals surface area contributed by atoms with Crippen LogP contribution < -0.4 is 4.74 Å². The maximum atomic E-state index is 11.0. The second-order valence-electron chi connectivity index (χ2n) is 4.31. The molecule has 2 heterocycles. The summed E-state index contributed by atoms with van der Waals surface area (Å²) in [6, 6.07) is 4.70. The van der Waals surface area contributed by atoms with Crippen LogP contribution in [-0.2, 0) is 5.88 Å². The number of hydrogen-bond donors (Lipinski definition) is 0. The maximum absolute atomic E-state index is 11.0. The molecule has 2 aromatic heterocycles. The number of nitrogens with zero attached hydrogens (tertiary/aromatic N) is 3. The van der Waals surface area contributed by atoms with Crippen molar-refractivity contribution in [1.29, 1.82) is 0 Å². The molecule has 108 valence electrons. The van der Waals surface area contributed by atoms with Gasteiger partial charge < -0.3 is 4.74 Å². The van der Waals surface area contributed by atoms with Crippen LogP contribution in [0.25, 0.3) is 4.96 Å². The van der Waals surface area contributed by atoms with Crippen LogP contribution in [0.5, 0.6) is 11.6 Å². The van der Waals surface area contributed by atoms with Crippen molar-refractivity contribution in [3.8, 4) is 11.6 Å². The Morgan fingerprint density at radius 3 is 3.05 bits per heavy atom. The van der Waals surface area contributed by atoms with Crippen molar-refractivity contribution in [3.05, 3.63) is 51.1 Å². The van der Waals surface area contributed by atoms with Gasteiger partial charge in [-0.1, -0.05) is 6.07 Å². The van der Waals surface area contributed by atoms with Gasteiger partial charge in [-0.05, 0) is 13.0 Å². The van der Waals surface area contributed by atoms with Crippen LogP contribution in [0.15, 0.2) is 29.8 Å². The summed E-state index contributed by atoms with van der Waals surface area (Å²) in [5.74, 6) is 1.02. The van der Waals surface area contributed by atoms with E-state index in [0.717, 1.165) is 10.7 Å². The Bertz CT molecular complexity index is 827. The molecule has 0 saturated heterocycles. The number of thiazole rings is 1. The van der Waals surface area contributed by atoms with E-state index in [4.69, 9.17) is 16.3 Å². The summed E-state index contributed by atoms with van der Waals surface area (Å²) in [6.45, 7) is 1.65. The molecule has 0 radical (unpaired) electrons. The first-order valence-electron chi connectivity index (χ1n) is 6.04. The molecule has 0 spiro atoms. The topological polar surface area (TPSA) is 69.7 Å². The minimum absolute atomic E-state index is 0.0148. The number of nitro benzene ring substituents is 1. The number of nitro groups is 1. The van der Waals surface area contributed by atoms with Crippen molar-refractivity contribution in [2.24, 2.45) is 0 Å². The second-order valence-corrected chi connectivity index (χ2v) is 5.45. The number of imidazole rings is 1. The van der Waals surface area contributed by atoms with E-state index in [1.54, 1.807) is 19.1 Å². The van der Waals surface area contributed by atoms with E-state index < -0.39 is 4.92 Å². The fourth-order valence-electron chi connectivity index (χ4n) is 2.03. The number of halogens is 1. The highest BCUT2D eigenvalue weighted by molar-refractivity contribution is 7.15. The molecule has 0 saturated carbocycles. The smallest absolute Gasteiger partial charge is 0.276 e. The molecule has 6 nitrogen and oxygen atoms in total. The summed E-state index contributed by atoms with van der Waals surface area (Å²) < 4.78 is 7.60. The summed E-state index contributed by atoms with van der Waals surface area (Å²) >= 11 is 7.42. The number of ether oxygens (including phenoxy) is 1. The zero-order valence-electron chi connectivity index (χ0n) is 10.9. The maximum Gasteiger partial charge on any atom is 0.276 e. The molecule has 8 heteroatoms. The van der Waals surface area contributed by atoms with E-state index in [9.17, 15) is 10.1 Å². The Kier molecular flexibility index (Phi) is 3.52. The van der Waals surface area contributed by atoms with Gasteiger partial charge in [-0.25, -0.2) is 0 Å². The average Bonchev–Trinajstić information content (AvgIpc) is 3.01. The Balaban J connectivity index is 2.04. The Morgan fingerprint density at radius 1 is 1.52 bits per heavy atom. The Morgan fingerprint density at radius 2 is 2.33 bits per heavy atom. The lowest BCUT2D eigenvalue weighted by molar-refractivity contribution is -0.385. The first-order chi connectivity index (χ1) is 10.1. The third-order valence-corrected chi connectivity index (χ3v) is 4.12. The Labute approximate surface area is 128 Å². The molecule has 0 aliphatic rings. The number of rotatable bonds is 4. The van der Waals surface area contributed by atoms with Gasteiger partial charge in [0.2, 0.25) is 5.88 Å². The zero-order valence-corrected chi connectivity index (χ0v) is 12.5. The predicted molar refractivity (Wildman–Crippen MR) is 80.5 cm³/mol. The van der Waals surface area contributed by atoms with Gasteiger partial charge in [-0.2, -0.15) is 4.98 Å². The molecule has 0 unspecified atom stereocenters. The minimum atomic E-state index is -0.434. The lowest BCUT2D eigenvalue weighted by Crippen LogP contribution is -1.96. The lowest BCUT2D eigenvalue weighted by Gasteiger charge is -2.07. The molecule has 0 aliphatic carbocycles. The third-order valence-electron chi connectivity index (χ3n) is 3.11. The summed E-state index contributed by atoms with van der Waals surface area (Å²) in [4.78, 5) is 15.7. The van der Waals surface area contributed by atoms with Crippen LogP contribution in [0, 0.1) is 17.0 Å². The van der Waals surface area contributed by atoms with Gasteiger partial charge in [0.25, 0.3) is 5.69 Å². The number of alkyl halides is 1. The van der Waals surface area contributed by atoms with Gasteiger partial charge in [0.15, 0.2) is 4.96 Å². The van der Waals surface area contributed by atoms with Crippen molar-refractivity contribution in [3.63, 3.8) is 0 Å². The first kappa shape index (κ1) is 13.8. The second kappa shape index (κ2) is 5.34. The molecule has 0 fully saturated rings. The van der Waals surface area contributed by atoms with E-state index in [1.807, 2.05) is 16.0 Å². The van der Waals surface area contributed by atoms with Gasteiger partial charge in [-0.15, -0.1) is 22.9 Å². The third kappa shape index (κ3) is 2.34. The molecule has 0 bridgehead atoms. The van der Waals surface area contributed by atoms with Crippen LogP contribution in [0.2, 0.25) is 0 Å². The number of aromatic nitrogens is 2. The molecule has 1 aromatic carbocycles. The van der Waals surface area contributed by atoms with E-state index >= 15 is 0 Å².